The lowest BCUT2D eigenvalue weighted by Crippen LogP contribution is -2.27. The maximum absolute atomic E-state index is 13.8. The standard InChI is InChI=1S/C13H17ClFN/c1-8-7-10(9(2)13(15)12(8)14)11-5-3-4-6-16-11/h7,11,16H,3-6H2,1-2H3. The summed E-state index contributed by atoms with van der Waals surface area (Å²) in [5.41, 5.74) is 2.58. The maximum atomic E-state index is 13.8. The van der Waals surface area contributed by atoms with Gasteiger partial charge in [0.25, 0.3) is 0 Å². The van der Waals surface area contributed by atoms with E-state index in [1.165, 1.54) is 12.8 Å². The van der Waals surface area contributed by atoms with Gasteiger partial charge in [-0.2, -0.15) is 0 Å². The molecule has 1 unspecified atom stereocenters. The van der Waals surface area contributed by atoms with Gasteiger partial charge in [0.2, 0.25) is 0 Å². The van der Waals surface area contributed by atoms with Gasteiger partial charge in [-0.15, -0.1) is 0 Å². The summed E-state index contributed by atoms with van der Waals surface area (Å²) in [5.74, 6) is -0.260. The zero-order valence-corrected chi connectivity index (χ0v) is 10.5. The molecule has 0 bridgehead atoms. The lowest BCUT2D eigenvalue weighted by Gasteiger charge is -2.26. The summed E-state index contributed by atoms with van der Waals surface area (Å²) in [6.07, 6.45) is 3.51. The first kappa shape index (κ1) is 11.9. The van der Waals surface area contributed by atoms with Gasteiger partial charge in [0.1, 0.15) is 5.82 Å². The highest BCUT2D eigenvalue weighted by atomic mass is 35.5. The normalized spacial score (nSPS) is 21.1. The summed E-state index contributed by atoms with van der Waals surface area (Å²) in [6, 6.07) is 2.31. The van der Waals surface area contributed by atoms with Crippen LogP contribution in [0.25, 0.3) is 0 Å². The van der Waals surface area contributed by atoms with Crippen LogP contribution in [0.3, 0.4) is 0 Å². The van der Waals surface area contributed by atoms with E-state index in [1.807, 2.05) is 19.9 Å². The number of aryl methyl sites for hydroxylation is 1. The average Bonchev–Trinajstić information content (AvgIpc) is 2.32. The van der Waals surface area contributed by atoms with Crippen molar-refractivity contribution >= 4 is 11.6 Å². The van der Waals surface area contributed by atoms with Gasteiger partial charge in [-0.05, 0) is 49.9 Å². The van der Waals surface area contributed by atoms with Crippen LogP contribution in [0.5, 0.6) is 0 Å². The van der Waals surface area contributed by atoms with Crippen molar-refractivity contribution in [3.63, 3.8) is 0 Å². The quantitative estimate of drug-likeness (QED) is 0.786. The number of nitrogens with one attached hydrogen (secondary N) is 1. The van der Waals surface area contributed by atoms with Crippen LogP contribution in [-0.2, 0) is 0 Å². The summed E-state index contributed by atoms with van der Waals surface area (Å²) < 4.78 is 13.8. The molecule has 1 aromatic carbocycles. The molecule has 88 valence electrons. The molecule has 1 saturated heterocycles. The molecule has 1 aliphatic heterocycles. The van der Waals surface area contributed by atoms with Crippen LogP contribution in [-0.4, -0.2) is 6.54 Å². The number of benzene rings is 1. The Morgan fingerprint density at radius 1 is 1.38 bits per heavy atom. The van der Waals surface area contributed by atoms with Crippen molar-refractivity contribution in [2.45, 2.75) is 39.2 Å². The van der Waals surface area contributed by atoms with E-state index in [4.69, 9.17) is 11.6 Å². The molecule has 0 saturated carbocycles. The van der Waals surface area contributed by atoms with Crippen molar-refractivity contribution in [2.24, 2.45) is 0 Å². The van der Waals surface area contributed by atoms with Crippen LogP contribution < -0.4 is 5.32 Å². The number of rotatable bonds is 1. The van der Waals surface area contributed by atoms with Gasteiger partial charge in [0, 0.05) is 6.04 Å². The summed E-state index contributed by atoms with van der Waals surface area (Å²) in [7, 11) is 0. The van der Waals surface area contributed by atoms with E-state index in [2.05, 4.69) is 5.32 Å². The number of halogens is 2. The lowest BCUT2D eigenvalue weighted by atomic mass is 9.92. The van der Waals surface area contributed by atoms with E-state index in [0.717, 1.165) is 24.1 Å². The fourth-order valence-corrected chi connectivity index (χ4v) is 2.54. The molecule has 0 radical (unpaired) electrons. The molecule has 1 nitrogen and oxygen atoms in total. The molecule has 3 heteroatoms. The first-order valence-electron chi connectivity index (χ1n) is 5.79. The third kappa shape index (κ3) is 2.09. The van der Waals surface area contributed by atoms with Crippen LogP contribution >= 0.6 is 11.6 Å². The third-order valence-electron chi connectivity index (χ3n) is 3.36. The van der Waals surface area contributed by atoms with Crippen molar-refractivity contribution < 1.29 is 4.39 Å². The van der Waals surface area contributed by atoms with E-state index in [-0.39, 0.29) is 10.8 Å². The first-order chi connectivity index (χ1) is 7.61. The van der Waals surface area contributed by atoms with Crippen LogP contribution in [0, 0.1) is 19.7 Å². The molecular formula is C13H17ClFN. The number of hydrogen-bond acceptors (Lipinski definition) is 1. The monoisotopic (exact) mass is 241 g/mol. The van der Waals surface area contributed by atoms with Gasteiger partial charge in [-0.3, -0.25) is 0 Å². The molecule has 1 aromatic rings. The SMILES string of the molecule is Cc1cc(C2CCCCN2)c(C)c(F)c1Cl. The van der Waals surface area contributed by atoms with Gasteiger partial charge >= 0.3 is 0 Å². The van der Waals surface area contributed by atoms with E-state index < -0.39 is 0 Å². The van der Waals surface area contributed by atoms with Crippen LogP contribution in [0.15, 0.2) is 6.07 Å². The number of piperidine rings is 1. The number of hydrogen-bond donors (Lipinski definition) is 1. The van der Waals surface area contributed by atoms with Crippen molar-refractivity contribution in [1.29, 1.82) is 0 Å². The van der Waals surface area contributed by atoms with Gasteiger partial charge in [-0.1, -0.05) is 24.1 Å². The summed E-state index contributed by atoms with van der Waals surface area (Å²) in [6.45, 7) is 4.69. The maximum Gasteiger partial charge on any atom is 0.145 e. The fraction of sp³-hybridized carbons (Fsp3) is 0.538. The Labute approximate surface area is 101 Å². The van der Waals surface area contributed by atoms with Crippen molar-refractivity contribution in [1.82, 2.24) is 5.32 Å². The van der Waals surface area contributed by atoms with Crippen LogP contribution in [0.1, 0.15) is 42.0 Å². The second kappa shape index (κ2) is 4.72. The van der Waals surface area contributed by atoms with Crippen molar-refractivity contribution in [2.75, 3.05) is 6.54 Å². The topological polar surface area (TPSA) is 12.0 Å². The molecule has 2 rings (SSSR count). The summed E-state index contributed by atoms with van der Waals surface area (Å²) in [5, 5.41) is 3.70. The Morgan fingerprint density at radius 2 is 2.12 bits per heavy atom. The van der Waals surface area contributed by atoms with Crippen LogP contribution in [0.4, 0.5) is 4.39 Å². The zero-order valence-electron chi connectivity index (χ0n) is 9.74. The Balaban J connectivity index is 2.40. The van der Waals surface area contributed by atoms with E-state index in [9.17, 15) is 4.39 Å². The molecule has 1 aliphatic rings. The minimum absolute atomic E-state index is 0.260. The van der Waals surface area contributed by atoms with Crippen molar-refractivity contribution in [3.8, 4) is 0 Å². The van der Waals surface area contributed by atoms with Gasteiger partial charge < -0.3 is 5.32 Å². The summed E-state index contributed by atoms with van der Waals surface area (Å²) >= 11 is 5.90. The lowest BCUT2D eigenvalue weighted by molar-refractivity contribution is 0.409. The van der Waals surface area contributed by atoms with Gasteiger partial charge in [0.05, 0.1) is 5.02 Å². The second-order valence-electron chi connectivity index (χ2n) is 4.54. The van der Waals surface area contributed by atoms with E-state index in [0.29, 0.717) is 11.6 Å². The minimum atomic E-state index is -0.260. The fourth-order valence-electron chi connectivity index (χ4n) is 2.35. The Kier molecular flexibility index (Phi) is 3.50. The molecule has 1 heterocycles. The molecule has 16 heavy (non-hydrogen) atoms. The molecule has 0 amide bonds. The predicted octanol–water partition coefficient (Wildman–Crippen LogP) is 3.91. The molecule has 1 fully saturated rings. The smallest absolute Gasteiger partial charge is 0.145 e. The predicted molar refractivity (Wildman–Crippen MR) is 65.5 cm³/mol. The molecule has 0 aromatic heterocycles. The Hall–Kier alpha value is -0.600. The first-order valence-corrected chi connectivity index (χ1v) is 6.17. The van der Waals surface area contributed by atoms with E-state index >= 15 is 0 Å². The minimum Gasteiger partial charge on any atom is -0.310 e. The molecule has 1 N–H and O–H groups in total. The molecule has 0 spiro atoms. The highest BCUT2D eigenvalue weighted by Crippen LogP contribution is 2.32. The van der Waals surface area contributed by atoms with E-state index in [1.54, 1.807) is 0 Å². The molecular weight excluding hydrogens is 225 g/mol. The highest BCUT2D eigenvalue weighted by molar-refractivity contribution is 6.31. The Morgan fingerprint density at radius 3 is 2.75 bits per heavy atom. The molecule has 1 atom stereocenters. The second-order valence-corrected chi connectivity index (χ2v) is 4.92. The van der Waals surface area contributed by atoms with Crippen LogP contribution in [0.2, 0.25) is 5.02 Å². The summed E-state index contributed by atoms with van der Waals surface area (Å²) in [4.78, 5) is 0. The zero-order chi connectivity index (χ0) is 11.7. The van der Waals surface area contributed by atoms with Gasteiger partial charge in [-0.25, -0.2) is 4.39 Å². The largest absolute Gasteiger partial charge is 0.310 e. The van der Waals surface area contributed by atoms with Gasteiger partial charge in [0.15, 0.2) is 0 Å². The van der Waals surface area contributed by atoms with Crippen molar-refractivity contribution in [3.05, 3.63) is 33.6 Å². The Bertz CT molecular complexity index is 397. The average molecular weight is 242 g/mol. The third-order valence-corrected chi connectivity index (χ3v) is 3.82. The molecule has 0 aliphatic carbocycles. The highest BCUT2D eigenvalue weighted by Gasteiger charge is 2.20.